The van der Waals surface area contributed by atoms with Crippen LogP contribution >= 0.6 is 0 Å². The van der Waals surface area contributed by atoms with Crippen LogP contribution in [-0.2, 0) is 4.74 Å². The number of nitrogens with two attached hydrogens (primary N) is 1. The fourth-order valence-electron chi connectivity index (χ4n) is 2.93. The molecule has 1 heterocycles. The minimum absolute atomic E-state index is 0.536. The van der Waals surface area contributed by atoms with E-state index in [1.54, 1.807) is 0 Å². The van der Waals surface area contributed by atoms with Crippen molar-refractivity contribution in [2.24, 2.45) is 11.7 Å². The lowest BCUT2D eigenvalue weighted by Crippen LogP contribution is -2.49. The second kappa shape index (κ2) is 7.25. The molecule has 0 spiro atoms. The van der Waals surface area contributed by atoms with Gasteiger partial charge in [0, 0.05) is 31.8 Å². The molecular weight excluding hydrogens is 200 g/mol. The summed E-state index contributed by atoms with van der Waals surface area (Å²) in [7, 11) is 2.24. The zero-order chi connectivity index (χ0) is 12.0. The number of hydrogen-bond acceptors (Lipinski definition) is 3. The Bertz CT molecular complexity index is 177. The van der Waals surface area contributed by atoms with Crippen molar-refractivity contribution in [1.29, 1.82) is 0 Å². The van der Waals surface area contributed by atoms with Gasteiger partial charge < -0.3 is 10.5 Å². The number of rotatable bonds is 6. The number of likely N-dealkylation sites (N-methyl/N-ethyl adjacent to an activating group) is 1. The highest BCUT2D eigenvalue weighted by Gasteiger charge is 2.28. The molecule has 1 saturated heterocycles. The van der Waals surface area contributed by atoms with Gasteiger partial charge in [0.1, 0.15) is 0 Å². The molecule has 3 heteroatoms. The van der Waals surface area contributed by atoms with Gasteiger partial charge in [-0.15, -0.1) is 0 Å². The van der Waals surface area contributed by atoms with E-state index in [4.69, 9.17) is 10.5 Å². The lowest BCUT2D eigenvalue weighted by Gasteiger charge is -2.39. The van der Waals surface area contributed by atoms with Crippen LogP contribution in [0.5, 0.6) is 0 Å². The van der Waals surface area contributed by atoms with Gasteiger partial charge in [0.15, 0.2) is 0 Å². The maximum absolute atomic E-state index is 5.97. The predicted molar refractivity (Wildman–Crippen MR) is 68.5 cm³/mol. The summed E-state index contributed by atoms with van der Waals surface area (Å²) in [5.74, 6) is 0.726. The highest BCUT2D eigenvalue weighted by molar-refractivity contribution is 4.83. The number of hydrogen-bond donors (Lipinski definition) is 1. The average Bonchev–Trinajstić information content (AvgIpc) is 2.33. The summed E-state index contributed by atoms with van der Waals surface area (Å²) in [4.78, 5) is 2.51. The zero-order valence-corrected chi connectivity index (χ0v) is 11.1. The van der Waals surface area contributed by atoms with E-state index in [0.29, 0.717) is 12.1 Å². The molecule has 16 heavy (non-hydrogen) atoms. The summed E-state index contributed by atoms with van der Waals surface area (Å²) in [6.07, 6.45) is 4.78. The Morgan fingerprint density at radius 1 is 1.25 bits per heavy atom. The van der Waals surface area contributed by atoms with Crippen LogP contribution in [0, 0.1) is 5.92 Å². The van der Waals surface area contributed by atoms with Gasteiger partial charge in [-0.1, -0.05) is 13.8 Å². The van der Waals surface area contributed by atoms with Gasteiger partial charge in [-0.2, -0.15) is 0 Å². The molecule has 0 aliphatic carbocycles. The standard InChI is InChI=1S/C13H28N2O/c1-4-12(5-2)15(3)13(10-14)11-6-8-16-9-7-11/h11-13H,4-10,14H2,1-3H3. The number of ether oxygens (including phenoxy) is 1. The van der Waals surface area contributed by atoms with Gasteiger partial charge in [0.25, 0.3) is 0 Å². The summed E-state index contributed by atoms with van der Waals surface area (Å²) >= 11 is 0. The third-order valence-electron chi connectivity index (χ3n) is 4.09. The SMILES string of the molecule is CCC(CC)N(C)C(CN)C1CCOCC1. The molecule has 1 unspecified atom stereocenters. The fraction of sp³-hybridized carbons (Fsp3) is 1.00. The van der Waals surface area contributed by atoms with E-state index in [2.05, 4.69) is 25.8 Å². The maximum Gasteiger partial charge on any atom is 0.0469 e. The molecule has 0 aromatic heterocycles. The van der Waals surface area contributed by atoms with Crippen LogP contribution in [0.15, 0.2) is 0 Å². The Morgan fingerprint density at radius 2 is 1.81 bits per heavy atom. The Balaban J connectivity index is 2.56. The van der Waals surface area contributed by atoms with Crippen LogP contribution < -0.4 is 5.73 Å². The Morgan fingerprint density at radius 3 is 2.25 bits per heavy atom. The second-order valence-corrected chi connectivity index (χ2v) is 4.89. The van der Waals surface area contributed by atoms with E-state index in [1.807, 2.05) is 0 Å². The average molecular weight is 228 g/mol. The fourth-order valence-corrected chi connectivity index (χ4v) is 2.93. The quantitative estimate of drug-likeness (QED) is 0.754. The molecule has 3 nitrogen and oxygen atoms in total. The molecule has 1 rings (SSSR count). The first kappa shape index (κ1) is 13.9. The van der Waals surface area contributed by atoms with Crippen molar-refractivity contribution >= 4 is 0 Å². The number of nitrogens with zero attached hydrogens (tertiary/aromatic N) is 1. The van der Waals surface area contributed by atoms with Crippen LogP contribution in [0.1, 0.15) is 39.5 Å². The Hall–Kier alpha value is -0.120. The zero-order valence-electron chi connectivity index (χ0n) is 11.1. The van der Waals surface area contributed by atoms with Gasteiger partial charge >= 0.3 is 0 Å². The van der Waals surface area contributed by atoms with Crippen molar-refractivity contribution in [2.75, 3.05) is 26.8 Å². The van der Waals surface area contributed by atoms with Gasteiger partial charge in [-0.05, 0) is 38.6 Å². The lowest BCUT2D eigenvalue weighted by atomic mass is 9.89. The van der Waals surface area contributed by atoms with Crippen LogP contribution in [-0.4, -0.2) is 43.8 Å². The van der Waals surface area contributed by atoms with Crippen molar-refractivity contribution in [1.82, 2.24) is 4.90 Å². The second-order valence-electron chi connectivity index (χ2n) is 4.89. The van der Waals surface area contributed by atoms with Crippen LogP contribution in [0.2, 0.25) is 0 Å². The largest absolute Gasteiger partial charge is 0.381 e. The van der Waals surface area contributed by atoms with E-state index in [0.717, 1.165) is 25.7 Å². The molecule has 0 aromatic carbocycles. The molecule has 1 fully saturated rings. The normalized spacial score (nSPS) is 20.6. The first-order chi connectivity index (χ1) is 7.74. The van der Waals surface area contributed by atoms with Crippen molar-refractivity contribution in [3.63, 3.8) is 0 Å². The molecule has 1 atom stereocenters. The summed E-state index contributed by atoms with van der Waals surface area (Å²) in [6, 6.07) is 1.21. The van der Waals surface area contributed by atoms with Crippen LogP contribution in [0.3, 0.4) is 0 Å². The first-order valence-electron chi connectivity index (χ1n) is 6.74. The molecule has 2 N–H and O–H groups in total. The Kier molecular flexibility index (Phi) is 6.32. The van der Waals surface area contributed by atoms with Gasteiger partial charge in [-0.3, -0.25) is 4.90 Å². The highest BCUT2D eigenvalue weighted by Crippen LogP contribution is 2.24. The first-order valence-corrected chi connectivity index (χ1v) is 6.74. The molecule has 0 aromatic rings. The van der Waals surface area contributed by atoms with Crippen molar-refractivity contribution in [2.45, 2.75) is 51.6 Å². The van der Waals surface area contributed by atoms with Crippen molar-refractivity contribution < 1.29 is 4.74 Å². The van der Waals surface area contributed by atoms with Gasteiger partial charge in [0.05, 0.1) is 0 Å². The minimum atomic E-state index is 0.536. The van der Waals surface area contributed by atoms with Crippen molar-refractivity contribution in [3.8, 4) is 0 Å². The summed E-state index contributed by atoms with van der Waals surface area (Å²) in [5.41, 5.74) is 5.97. The van der Waals surface area contributed by atoms with E-state index in [1.165, 1.54) is 25.7 Å². The minimum Gasteiger partial charge on any atom is -0.381 e. The van der Waals surface area contributed by atoms with E-state index in [-0.39, 0.29) is 0 Å². The monoisotopic (exact) mass is 228 g/mol. The third kappa shape index (κ3) is 3.44. The summed E-state index contributed by atoms with van der Waals surface area (Å²) < 4.78 is 5.43. The van der Waals surface area contributed by atoms with E-state index in [9.17, 15) is 0 Å². The molecule has 1 aliphatic heterocycles. The molecule has 96 valence electrons. The molecular formula is C13H28N2O. The summed E-state index contributed by atoms with van der Waals surface area (Å²) in [6.45, 7) is 7.14. The smallest absolute Gasteiger partial charge is 0.0469 e. The third-order valence-corrected chi connectivity index (χ3v) is 4.09. The molecule has 1 aliphatic rings. The molecule has 0 bridgehead atoms. The maximum atomic E-state index is 5.97. The lowest BCUT2D eigenvalue weighted by molar-refractivity contribution is 0.0225. The molecule has 0 radical (unpaired) electrons. The van der Waals surface area contributed by atoms with E-state index < -0.39 is 0 Å². The molecule has 0 amide bonds. The summed E-state index contributed by atoms with van der Waals surface area (Å²) in [5, 5.41) is 0. The van der Waals surface area contributed by atoms with Gasteiger partial charge in [-0.25, -0.2) is 0 Å². The van der Waals surface area contributed by atoms with Gasteiger partial charge in [0.2, 0.25) is 0 Å². The Labute approximate surface area is 100 Å². The molecule has 0 saturated carbocycles. The predicted octanol–water partition coefficient (Wildman–Crippen LogP) is 1.86. The van der Waals surface area contributed by atoms with E-state index >= 15 is 0 Å². The van der Waals surface area contributed by atoms with Crippen LogP contribution in [0.4, 0.5) is 0 Å². The highest BCUT2D eigenvalue weighted by atomic mass is 16.5. The topological polar surface area (TPSA) is 38.5 Å². The van der Waals surface area contributed by atoms with Crippen LogP contribution in [0.25, 0.3) is 0 Å². The van der Waals surface area contributed by atoms with Crippen molar-refractivity contribution in [3.05, 3.63) is 0 Å².